The molecule has 1 saturated carbocycles. The topological polar surface area (TPSA) is 107 Å². The van der Waals surface area contributed by atoms with E-state index in [2.05, 4.69) is 65.2 Å². The molecule has 306 valence electrons. The van der Waals surface area contributed by atoms with Crippen LogP contribution in [-0.2, 0) is 29.0 Å². The van der Waals surface area contributed by atoms with Crippen molar-refractivity contribution in [2.24, 2.45) is 4.99 Å². The number of carbonyl (C=O) groups is 1. The van der Waals surface area contributed by atoms with Crippen LogP contribution in [0.5, 0.6) is 5.75 Å². The lowest BCUT2D eigenvalue weighted by atomic mass is 9.97. The second-order valence-corrected chi connectivity index (χ2v) is 23.8. The maximum absolute atomic E-state index is 14.8. The Hall–Kier alpha value is -4.46. The van der Waals surface area contributed by atoms with Gasteiger partial charge in [-0.25, -0.2) is 14.2 Å². The first-order valence-corrected chi connectivity index (χ1v) is 25.4. The summed E-state index contributed by atoms with van der Waals surface area (Å²) in [5, 5.41) is 10.3. The normalized spacial score (nSPS) is 14.5. The molecule has 0 unspecified atom stereocenters. The number of esters is 1. The average Bonchev–Trinajstić information content (AvgIpc) is 3.84. The number of hydrogen-bond donors (Lipinski definition) is 0. The van der Waals surface area contributed by atoms with Gasteiger partial charge in [0.25, 0.3) is 0 Å². The van der Waals surface area contributed by atoms with E-state index in [1.807, 2.05) is 19.0 Å². The van der Waals surface area contributed by atoms with Crippen molar-refractivity contribution in [1.82, 2.24) is 24.6 Å². The van der Waals surface area contributed by atoms with E-state index in [1.165, 1.54) is 23.0 Å². The van der Waals surface area contributed by atoms with Crippen LogP contribution in [0.15, 0.2) is 47.5 Å². The molecule has 0 N–H and O–H groups in total. The predicted molar refractivity (Wildman–Crippen MR) is 232 cm³/mol. The van der Waals surface area contributed by atoms with Gasteiger partial charge in [-0.3, -0.25) is 9.47 Å². The number of carbonyl (C=O) groups excluding carboxylic acids is 1. The smallest absolute Gasteiger partial charge is 0.358 e. The molecule has 3 aromatic heterocycles. The predicted octanol–water partition coefficient (Wildman–Crippen LogP) is 8.70. The van der Waals surface area contributed by atoms with Crippen LogP contribution < -0.4 is 14.4 Å². The van der Waals surface area contributed by atoms with Gasteiger partial charge in [0.2, 0.25) is 0 Å². The minimum absolute atomic E-state index is 0.169. The Morgan fingerprint density at radius 3 is 2.69 bits per heavy atom. The van der Waals surface area contributed by atoms with Gasteiger partial charge in [-0.05, 0) is 102 Å². The van der Waals surface area contributed by atoms with Gasteiger partial charge in [0.1, 0.15) is 6.73 Å². The number of aryl methyl sites for hydroxylation is 1. The Bertz CT molecular complexity index is 2390. The highest BCUT2D eigenvalue weighted by molar-refractivity contribution is 7.16. The Labute approximate surface area is 348 Å². The molecule has 11 nitrogen and oxygen atoms in total. The summed E-state index contributed by atoms with van der Waals surface area (Å²) in [6.07, 6.45) is 4.99. The van der Waals surface area contributed by atoms with E-state index in [1.54, 1.807) is 30.4 Å². The minimum atomic E-state index is -1.23. The number of aromatic nitrogens is 4. The van der Waals surface area contributed by atoms with Gasteiger partial charge >= 0.3 is 5.97 Å². The van der Waals surface area contributed by atoms with Gasteiger partial charge in [-0.2, -0.15) is 4.99 Å². The Kier molecular flexibility index (Phi) is 13.4. The van der Waals surface area contributed by atoms with Crippen molar-refractivity contribution in [3.8, 4) is 17.6 Å². The third-order valence-electron chi connectivity index (χ3n) is 9.88. The van der Waals surface area contributed by atoms with E-state index in [9.17, 15) is 9.18 Å². The van der Waals surface area contributed by atoms with E-state index in [0.717, 1.165) is 69.6 Å². The average molecular weight is 842 g/mol. The molecule has 58 heavy (non-hydrogen) atoms. The van der Waals surface area contributed by atoms with Crippen molar-refractivity contribution in [1.29, 1.82) is 0 Å². The standard InChI is InChI=1S/C43H52FN7O4S2Si/c1-7-54-41(52)38-36(17-12-24-55-34-21-18-29(27-32(34)44)13-10-22-49(2)3)57-42(45-38)50-23-11-14-31-37(30-19-20-30)39(47-48-40(31)50)46-43-51(28-53-25-26-58(4,5)6)33-15-8-9-16-35(33)56-43/h8-9,15-16,18,21,27,30H,7,11-12,14,17,19-20,22-26,28H2,1-6H3. The zero-order valence-corrected chi connectivity index (χ0v) is 36.9. The second kappa shape index (κ2) is 18.6. The van der Waals surface area contributed by atoms with Crippen molar-refractivity contribution in [3.63, 3.8) is 0 Å². The Morgan fingerprint density at radius 2 is 1.93 bits per heavy atom. The third-order valence-corrected chi connectivity index (χ3v) is 13.8. The fraction of sp³-hybridized carbons (Fsp3) is 0.465. The van der Waals surface area contributed by atoms with Crippen LogP contribution in [0.1, 0.15) is 70.6 Å². The highest BCUT2D eigenvalue weighted by Crippen LogP contribution is 2.49. The van der Waals surface area contributed by atoms with Crippen LogP contribution in [0.3, 0.4) is 0 Å². The monoisotopic (exact) mass is 841 g/mol. The van der Waals surface area contributed by atoms with Crippen molar-refractivity contribution < 1.29 is 23.4 Å². The maximum atomic E-state index is 14.8. The number of fused-ring (bicyclic) bond motifs is 2. The zero-order chi connectivity index (χ0) is 40.8. The summed E-state index contributed by atoms with van der Waals surface area (Å²) in [6, 6.07) is 14.2. The molecule has 2 aromatic carbocycles. The molecule has 0 radical (unpaired) electrons. The van der Waals surface area contributed by atoms with E-state index in [0.29, 0.717) is 60.8 Å². The van der Waals surface area contributed by atoms with E-state index < -0.39 is 19.9 Å². The fourth-order valence-electron chi connectivity index (χ4n) is 6.77. The summed E-state index contributed by atoms with van der Waals surface area (Å²) in [5.41, 5.74) is 4.31. The van der Waals surface area contributed by atoms with Crippen LogP contribution in [-0.4, -0.2) is 85.7 Å². The Balaban J connectivity index is 1.13. The molecular formula is C43H52FN7O4S2Si. The quantitative estimate of drug-likeness (QED) is 0.0418. The number of hydrogen-bond acceptors (Lipinski definition) is 12. The highest BCUT2D eigenvalue weighted by Gasteiger charge is 2.35. The maximum Gasteiger partial charge on any atom is 0.358 e. The molecule has 0 amide bonds. The highest BCUT2D eigenvalue weighted by atomic mass is 32.1. The molecular weight excluding hydrogens is 790 g/mol. The first-order chi connectivity index (χ1) is 28.0. The molecule has 0 atom stereocenters. The van der Waals surface area contributed by atoms with Gasteiger partial charge in [-0.1, -0.05) is 55.0 Å². The van der Waals surface area contributed by atoms with Gasteiger partial charge in [0.05, 0.1) is 30.0 Å². The number of ether oxygens (including phenoxy) is 3. The zero-order valence-electron chi connectivity index (χ0n) is 34.3. The number of anilines is 2. The number of halogens is 1. The van der Waals surface area contributed by atoms with Gasteiger partial charge in [0, 0.05) is 42.8 Å². The molecule has 0 bridgehead atoms. The van der Waals surface area contributed by atoms with E-state index >= 15 is 0 Å². The minimum Gasteiger partial charge on any atom is -0.491 e. The Morgan fingerprint density at radius 1 is 1.10 bits per heavy atom. The van der Waals surface area contributed by atoms with Gasteiger partial charge in [0.15, 0.2) is 38.8 Å². The molecule has 15 heteroatoms. The number of para-hydroxylation sites is 1. The molecule has 2 aliphatic rings. The number of nitrogens with zero attached hydrogens (tertiary/aromatic N) is 7. The summed E-state index contributed by atoms with van der Waals surface area (Å²) >= 11 is 3.10. The van der Waals surface area contributed by atoms with Crippen LogP contribution in [0.25, 0.3) is 10.2 Å². The van der Waals surface area contributed by atoms with E-state index in [4.69, 9.17) is 34.4 Å². The lowest BCUT2D eigenvalue weighted by Crippen LogP contribution is -2.27. The van der Waals surface area contributed by atoms with Gasteiger partial charge in [-0.15, -0.1) is 21.5 Å². The summed E-state index contributed by atoms with van der Waals surface area (Å²) in [6.45, 7) is 11.8. The summed E-state index contributed by atoms with van der Waals surface area (Å²) < 4.78 is 35.6. The first-order valence-electron chi connectivity index (χ1n) is 20.1. The molecule has 0 saturated heterocycles. The number of rotatable bonds is 16. The lowest BCUT2D eigenvalue weighted by molar-refractivity contribution is 0.0519. The summed E-state index contributed by atoms with van der Waals surface area (Å²) in [4.78, 5) is 29.0. The molecule has 7 rings (SSSR count). The van der Waals surface area contributed by atoms with Crippen molar-refractivity contribution in [2.45, 2.75) is 83.8 Å². The largest absolute Gasteiger partial charge is 0.491 e. The third kappa shape index (κ3) is 10.2. The molecule has 1 aliphatic carbocycles. The molecule has 1 fully saturated rings. The number of benzene rings is 2. The molecule has 4 heterocycles. The molecule has 0 spiro atoms. The first kappa shape index (κ1) is 41.7. The van der Waals surface area contributed by atoms with Crippen LogP contribution in [0.2, 0.25) is 25.7 Å². The number of thiazole rings is 2. The van der Waals surface area contributed by atoms with Gasteiger partial charge < -0.3 is 19.1 Å². The van der Waals surface area contributed by atoms with Crippen molar-refractivity contribution in [3.05, 3.63) is 80.3 Å². The lowest BCUT2D eigenvalue weighted by Gasteiger charge is -2.29. The van der Waals surface area contributed by atoms with Crippen LogP contribution >= 0.6 is 22.7 Å². The summed E-state index contributed by atoms with van der Waals surface area (Å²) in [7, 11) is 2.64. The fourth-order valence-corrected chi connectivity index (χ4v) is 9.66. The van der Waals surface area contributed by atoms with E-state index in [-0.39, 0.29) is 19.0 Å². The van der Waals surface area contributed by atoms with Crippen molar-refractivity contribution >= 4 is 63.7 Å². The van der Waals surface area contributed by atoms with Crippen molar-refractivity contribution in [2.75, 3.05) is 51.9 Å². The van der Waals surface area contributed by atoms with Crippen LogP contribution in [0.4, 0.5) is 21.2 Å². The second-order valence-electron chi connectivity index (χ2n) is 16.1. The molecule has 5 aromatic rings. The van der Waals surface area contributed by atoms with Crippen LogP contribution in [0, 0.1) is 17.7 Å². The summed E-state index contributed by atoms with van der Waals surface area (Å²) in [5.74, 6) is 7.06. The molecule has 1 aliphatic heterocycles. The SMILES string of the molecule is CCOC(=O)c1nc(N2CCCc3c2nnc(N=c2sc4ccccc4n2COCC[Si](C)(C)C)c3C2CC2)sc1CCCOc1ccc(C#CCN(C)C)cc1F.